The lowest BCUT2D eigenvalue weighted by atomic mass is 9.95. The summed E-state index contributed by atoms with van der Waals surface area (Å²) in [6.07, 6.45) is 5.42. The third-order valence-corrected chi connectivity index (χ3v) is 6.75. The van der Waals surface area contributed by atoms with E-state index >= 15 is 0 Å². The van der Waals surface area contributed by atoms with Gasteiger partial charge >= 0.3 is 0 Å². The maximum absolute atomic E-state index is 6.46. The SMILES string of the molecule is CC(C)N(C)c1nc2c(n1C)N=C(Cl)N(C)C2NC1CC2CCC1C2. The third kappa shape index (κ3) is 2.74. The molecular weight excluding hydrogens is 336 g/mol. The molecule has 2 fully saturated rings. The van der Waals surface area contributed by atoms with E-state index in [0.29, 0.717) is 17.4 Å². The highest BCUT2D eigenvalue weighted by atomic mass is 35.5. The van der Waals surface area contributed by atoms with Gasteiger partial charge in [0, 0.05) is 33.2 Å². The van der Waals surface area contributed by atoms with Gasteiger partial charge in [-0.1, -0.05) is 6.42 Å². The molecule has 0 amide bonds. The van der Waals surface area contributed by atoms with Gasteiger partial charge in [0.15, 0.2) is 5.82 Å². The van der Waals surface area contributed by atoms with Crippen molar-refractivity contribution in [1.29, 1.82) is 0 Å². The predicted octanol–water partition coefficient (Wildman–Crippen LogP) is 3.21. The fraction of sp³-hybridized carbons (Fsp3) is 0.778. The van der Waals surface area contributed by atoms with Gasteiger partial charge in [0.1, 0.15) is 11.9 Å². The summed E-state index contributed by atoms with van der Waals surface area (Å²) in [5, 5.41) is 4.38. The Hall–Kier alpha value is -1.27. The van der Waals surface area contributed by atoms with Crippen LogP contribution in [0.15, 0.2) is 4.99 Å². The molecule has 4 rings (SSSR count). The lowest BCUT2D eigenvalue weighted by molar-refractivity contribution is 0.233. The summed E-state index contributed by atoms with van der Waals surface area (Å²) in [6, 6.07) is 0.937. The molecule has 0 radical (unpaired) electrons. The predicted molar refractivity (Wildman–Crippen MR) is 103 cm³/mol. The monoisotopic (exact) mass is 364 g/mol. The summed E-state index contributed by atoms with van der Waals surface area (Å²) >= 11 is 6.46. The molecule has 3 aliphatic rings. The number of aliphatic imine (C=N–C) groups is 1. The van der Waals surface area contributed by atoms with Crippen molar-refractivity contribution in [3.8, 4) is 0 Å². The summed E-state index contributed by atoms with van der Waals surface area (Å²) in [4.78, 5) is 13.8. The first-order valence-corrected chi connectivity index (χ1v) is 9.77. The van der Waals surface area contributed by atoms with Crippen molar-refractivity contribution < 1.29 is 0 Å². The van der Waals surface area contributed by atoms with Crippen molar-refractivity contribution in [1.82, 2.24) is 19.8 Å². The first-order chi connectivity index (χ1) is 11.9. The second kappa shape index (κ2) is 6.16. The number of anilines is 1. The number of imidazole rings is 1. The van der Waals surface area contributed by atoms with Crippen molar-refractivity contribution in [3.05, 3.63) is 5.69 Å². The van der Waals surface area contributed by atoms with Gasteiger partial charge in [-0.05, 0) is 56.5 Å². The molecule has 0 aromatic carbocycles. The van der Waals surface area contributed by atoms with E-state index in [1.165, 1.54) is 25.7 Å². The molecule has 0 spiro atoms. The quantitative estimate of drug-likeness (QED) is 0.833. The largest absolute Gasteiger partial charge is 0.343 e. The van der Waals surface area contributed by atoms with E-state index < -0.39 is 0 Å². The zero-order chi connectivity index (χ0) is 17.9. The Kier molecular flexibility index (Phi) is 4.23. The molecule has 2 bridgehead atoms. The molecule has 2 aliphatic carbocycles. The second-order valence-electron chi connectivity index (χ2n) is 8.23. The fourth-order valence-electron chi connectivity index (χ4n) is 4.66. The molecule has 1 N–H and O–H groups in total. The van der Waals surface area contributed by atoms with E-state index in [-0.39, 0.29) is 6.17 Å². The van der Waals surface area contributed by atoms with Gasteiger partial charge in [0.25, 0.3) is 0 Å². The van der Waals surface area contributed by atoms with E-state index in [1.54, 1.807) is 0 Å². The molecular formula is C18H29ClN6. The molecule has 0 saturated heterocycles. The highest BCUT2D eigenvalue weighted by Crippen LogP contribution is 2.46. The lowest BCUT2D eigenvalue weighted by Gasteiger charge is -2.35. The number of rotatable bonds is 4. The van der Waals surface area contributed by atoms with Crippen molar-refractivity contribution >= 4 is 28.7 Å². The number of halogens is 1. The van der Waals surface area contributed by atoms with Gasteiger partial charge in [0.05, 0.1) is 0 Å². The number of fused-ring (bicyclic) bond motifs is 3. The summed E-state index contributed by atoms with van der Waals surface area (Å²) < 4.78 is 2.06. The number of nitrogens with zero attached hydrogens (tertiary/aromatic N) is 5. The van der Waals surface area contributed by atoms with Crippen LogP contribution in [0.25, 0.3) is 0 Å². The maximum Gasteiger partial charge on any atom is 0.207 e. The van der Waals surface area contributed by atoms with Crippen LogP contribution in [0.1, 0.15) is 51.4 Å². The Morgan fingerprint density at radius 1 is 1.24 bits per heavy atom. The van der Waals surface area contributed by atoms with Gasteiger partial charge in [-0.15, -0.1) is 0 Å². The molecule has 2 saturated carbocycles. The summed E-state index contributed by atoms with van der Waals surface area (Å²) in [6.45, 7) is 4.34. The fourth-order valence-corrected chi connectivity index (χ4v) is 4.84. The Balaban J connectivity index is 1.67. The van der Waals surface area contributed by atoms with Crippen molar-refractivity contribution in [2.24, 2.45) is 23.9 Å². The minimum Gasteiger partial charge on any atom is -0.343 e. The zero-order valence-electron chi connectivity index (χ0n) is 15.8. The molecule has 7 heteroatoms. The van der Waals surface area contributed by atoms with E-state index in [9.17, 15) is 0 Å². The first-order valence-electron chi connectivity index (χ1n) is 9.39. The van der Waals surface area contributed by atoms with Crippen molar-refractivity contribution in [2.75, 3.05) is 19.0 Å². The second-order valence-corrected chi connectivity index (χ2v) is 8.56. The summed E-state index contributed by atoms with van der Waals surface area (Å²) in [5.41, 5.74) is 0.986. The summed E-state index contributed by atoms with van der Waals surface area (Å²) in [7, 11) is 6.10. The van der Waals surface area contributed by atoms with Crippen LogP contribution in [0.5, 0.6) is 0 Å². The average molecular weight is 365 g/mol. The van der Waals surface area contributed by atoms with Gasteiger partial charge in [0.2, 0.25) is 11.2 Å². The van der Waals surface area contributed by atoms with Crippen LogP contribution in [0.4, 0.5) is 11.8 Å². The van der Waals surface area contributed by atoms with Gasteiger partial charge < -0.3 is 9.80 Å². The molecule has 138 valence electrons. The topological polar surface area (TPSA) is 48.7 Å². The Labute approximate surface area is 155 Å². The van der Waals surface area contributed by atoms with E-state index in [4.69, 9.17) is 16.6 Å². The standard InChI is InChI=1S/C18H29ClN6/c1-10(2)23(3)18-21-14-15(20-13-9-11-6-7-12(13)8-11)24(4)17(19)22-16(14)25(18)5/h10-13,15,20H,6-9H2,1-5H3. The van der Waals surface area contributed by atoms with E-state index in [1.807, 2.05) is 19.0 Å². The highest BCUT2D eigenvalue weighted by molar-refractivity contribution is 6.64. The molecule has 4 unspecified atom stereocenters. The molecule has 1 aromatic heterocycles. The number of hydrogen-bond donors (Lipinski definition) is 1. The minimum absolute atomic E-state index is 0.00939. The van der Waals surface area contributed by atoms with E-state index in [0.717, 1.165) is 29.3 Å². The number of hydrogen-bond acceptors (Lipinski definition) is 5. The van der Waals surface area contributed by atoms with Crippen LogP contribution in [0, 0.1) is 11.8 Å². The molecule has 1 aliphatic heterocycles. The van der Waals surface area contributed by atoms with E-state index in [2.05, 4.69) is 40.7 Å². The van der Waals surface area contributed by atoms with Crippen LogP contribution in [0.2, 0.25) is 0 Å². The Morgan fingerprint density at radius 3 is 2.60 bits per heavy atom. The Morgan fingerprint density at radius 2 is 2.00 bits per heavy atom. The van der Waals surface area contributed by atoms with Crippen LogP contribution >= 0.6 is 11.6 Å². The third-order valence-electron chi connectivity index (χ3n) is 6.40. The van der Waals surface area contributed by atoms with Gasteiger partial charge in [-0.3, -0.25) is 9.88 Å². The number of amidine groups is 1. The minimum atomic E-state index is -0.00939. The average Bonchev–Trinajstić information content (AvgIpc) is 3.26. The molecule has 1 aromatic rings. The zero-order valence-corrected chi connectivity index (χ0v) is 16.6. The van der Waals surface area contributed by atoms with Gasteiger partial charge in [-0.2, -0.15) is 4.99 Å². The maximum atomic E-state index is 6.46. The normalized spacial score (nSPS) is 30.8. The van der Waals surface area contributed by atoms with Crippen LogP contribution in [-0.4, -0.2) is 45.9 Å². The smallest absolute Gasteiger partial charge is 0.207 e. The van der Waals surface area contributed by atoms with Gasteiger partial charge in [-0.25, -0.2) is 4.98 Å². The lowest BCUT2D eigenvalue weighted by Crippen LogP contribution is -2.46. The highest BCUT2D eigenvalue weighted by Gasteiger charge is 2.42. The Bertz CT molecular complexity index is 696. The molecule has 4 atom stereocenters. The number of aromatic nitrogens is 2. The summed E-state index contributed by atoms with van der Waals surface area (Å²) in [5.74, 6) is 3.52. The van der Waals surface area contributed by atoms with Crippen LogP contribution in [0.3, 0.4) is 0 Å². The number of nitrogens with one attached hydrogen (secondary N) is 1. The van der Waals surface area contributed by atoms with Crippen LogP contribution < -0.4 is 10.2 Å². The molecule has 2 heterocycles. The molecule has 6 nitrogen and oxygen atoms in total. The first kappa shape index (κ1) is 17.2. The van der Waals surface area contributed by atoms with Crippen LogP contribution in [-0.2, 0) is 7.05 Å². The van der Waals surface area contributed by atoms with Crippen molar-refractivity contribution in [2.45, 2.75) is 57.8 Å². The molecule has 25 heavy (non-hydrogen) atoms. The van der Waals surface area contributed by atoms with Crippen molar-refractivity contribution in [3.63, 3.8) is 0 Å².